The zero-order valence-electron chi connectivity index (χ0n) is 12.7. The molecule has 1 N–H and O–H groups in total. The molecule has 0 bridgehead atoms. The Kier molecular flexibility index (Phi) is 4.57. The van der Waals surface area contributed by atoms with Gasteiger partial charge in [0, 0.05) is 0 Å². The van der Waals surface area contributed by atoms with E-state index >= 15 is 0 Å². The van der Waals surface area contributed by atoms with Gasteiger partial charge in [-0.25, -0.2) is 0 Å². The molecule has 0 radical (unpaired) electrons. The van der Waals surface area contributed by atoms with E-state index in [1.807, 2.05) is 66.7 Å². The maximum Gasteiger partial charge on any atom is 0.310 e. The Balaban J connectivity index is 1.62. The van der Waals surface area contributed by atoms with Crippen molar-refractivity contribution in [3.05, 3.63) is 84.0 Å². The van der Waals surface area contributed by atoms with E-state index in [1.54, 1.807) is 6.08 Å². The number of rotatable bonds is 5. The van der Waals surface area contributed by atoms with Crippen LogP contribution in [-0.4, -0.2) is 11.1 Å². The molecule has 2 aromatic rings. The topological polar surface area (TPSA) is 46.5 Å². The van der Waals surface area contributed by atoms with Crippen LogP contribution in [0.25, 0.3) is 5.57 Å². The van der Waals surface area contributed by atoms with Crippen molar-refractivity contribution >= 4 is 11.5 Å². The molecule has 1 aliphatic rings. The number of benzene rings is 2. The van der Waals surface area contributed by atoms with Crippen molar-refractivity contribution < 1.29 is 14.6 Å². The van der Waals surface area contributed by atoms with Crippen molar-refractivity contribution in [1.82, 2.24) is 0 Å². The van der Waals surface area contributed by atoms with Gasteiger partial charge in [0.05, 0.1) is 5.92 Å². The molecule has 0 fully saturated rings. The quantitative estimate of drug-likeness (QED) is 0.895. The van der Waals surface area contributed by atoms with Crippen LogP contribution in [0.2, 0.25) is 0 Å². The smallest absolute Gasteiger partial charge is 0.310 e. The van der Waals surface area contributed by atoms with E-state index in [0.717, 1.165) is 22.4 Å². The van der Waals surface area contributed by atoms with Crippen molar-refractivity contribution in [2.24, 2.45) is 5.92 Å². The highest BCUT2D eigenvalue weighted by atomic mass is 16.5. The Morgan fingerprint density at radius 1 is 1.09 bits per heavy atom. The monoisotopic (exact) mass is 306 g/mol. The fourth-order valence-corrected chi connectivity index (χ4v) is 2.50. The number of aliphatic carboxylic acids is 1. The third-order valence-corrected chi connectivity index (χ3v) is 3.85. The molecule has 1 atom stereocenters. The summed E-state index contributed by atoms with van der Waals surface area (Å²) in [6, 6.07) is 17.9. The summed E-state index contributed by atoms with van der Waals surface area (Å²) in [6.07, 6.45) is 6.13. The van der Waals surface area contributed by atoms with Crippen LogP contribution in [0.1, 0.15) is 17.5 Å². The molecule has 2 aromatic carbocycles. The first-order valence-corrected chi connectivity index (χ1v) is 7.61. The Morgan fingerprint density at radius 2 is 1.83 bits per heavy atom. The lowest BCUT2D eigenvalue weighted by Gasteiger charge is -2.13. The van der Waals surface area contributed by atoms with E-state index in [2.05, 4.69) is 0 Å². The van der Waals surface area contributed by atoms with Crippen LogP contribution < -0.4 is 4.74 Å². The zero-order valence-corrected chi connectivity index (χ0v) is 12.7. The van der Waals surface area contributed by atoms with Crippen LogP contribution in [0.3, 0.4) is 0 Å². The molecule has 1 aliphatic carbocycles. The largest absolute Gasteiger partial charge is 0.489 e. The minimum absolute atomic E-state index is 0.410. The molecule has 3 nitrogen and oxygen atoms in total. The number of ether oxygens (including phenoxy) is 1. The first-order valence-electron chi connectivity index (χ1n) is 7.61. The highest BCUT2D eigenvalue weighted by Gasteiger charge is 2.16. The van der Waals surface area contributed by atoms with Crippen molar-refractivity contribution in [3.63, 3.8) is 0 Å². The molecule has 0 spiro atoms. The van der Waals surface area contributed by atoms with E-state index in [0.29, 0.717) is 13.0 Å². The summed E-state index contributed by atoms with van der Waals surface area (Å²) in [5.74, 6) is -0.366. The summed E-state index contributed by atoms with van der Waals surface area (Å²) in [4.78, 5) is 10.9. The Hall–Kier alpha value is -2.81. The zero-order chi connectivity index (χ0) is 16.1. The molecule has 0 amide bonds. The number of carboxylic acid groups (broad SMARTS) is 1. The standard InChI is InChI=1S/C20H18O3/c21-20(22)18-8-6-16(7-9-18)17-10-12-19(13-11-17)23-14-15-4-2-1-3-5-15/h1-8,10-13,18H,9,14H2,(H,21,22). The summed E-state index contributed by atoms with van der Waals surface area (Å²) in [5, 5.41) is 8.99. The lowest BCUT2D eigenvalue weighted by atomic mass is 9.93. The lowest BCUT2D eigenvalue weighted by molar-refractivity contribution is -0.139. The number of hydrogen-bond donors (Lipinski definition) is 1. The van der Waals surface area contributed by atoms with Crippen LogP contribution in [-0.2, 0) is 11.4 Å². The molecule has 1 unspecified atom stereocenters. The van der Waals surface area contributed by atoms with Crippen LogP contribution in [0.15, 0.2) is 72.8 Å². The maximum absolute atomic E-state index is 10.9. The van der Waals surface area contributed by atoms with Gasteiger partial charge in [0.1, 0.15) is 12.4 Å². The number of hydrogen-bond acceptors (Lipinski definition) is 2. The van der Waals surface area contributed by atoms with Crippen molar-refractivity contribution in [1.29, 1.82) is 0 Å². The molecular formula is C20H18O3. The highest BCUT2D eigenvalue weighted by molar-refractivity contribution is 5.80. The van der Waals surface area contributed by atoms with Gasteiger partial charge >= 0.3 is 5.97 Å². The normalized spacial score (nSPS) is 16.7. The van der Waals surface area contributed by atoms with E-state index in [-0.39, 0.29) is 0 Å². The molecule has 0 aromatic heterocycles. The van der Waals surface area contributed by atoms with E-state index < -0.39 is 11.9 Å². The predicted molar refractivity (Wildman–Crippen MR) is 90.1 cm³/mol. The average molecular weight is 306 g/mol. The number of allylic oxidation sites excluding steroid dienone is 3. The van der Waals surface area contributed by atoms with Gasteiger partial charge in [-0.05, 0) is 35.3 Å². The summed E-state index contributed by atoms with van der Waals surface area (Å²) >= 11 is 0. The first-order chi connectivity index (χ1) is 11.2. The van der Waals surface area contributed by atoms with Gasteiger partial charge in [-0.15, -0.1) is 0 Å². The summed E-state index contributed by atoms with van der Waals surface area (Å²) in [7, 11) is 0. The third kappa shape index (κ3) is 3.89. The maximum atomic E-state index is 10.9. The minimum atomic E-state index is -0.777. The SMILES string of the molecule is O=C(O)C1C=CC(c2ccc(OCc3ccccc3)cc2)=CC1. The van der Waals surface area contributed by atoms with Gasteiger partial charge in [0.2, 0.25) is 0 Å². The second-order valence-corrected chi connectivity index (χ2v) is 5.50. The van der Waals surface area contributed by atoms with Gasteiger partial charge in [-0.3, -0.25) is 4.79 Å². The van der Waals surface area contributed by atoms with E-state index in [1.165, 1.54) is 0 Å². The van der Waals surface area contributed by atoms with E-state index in [4.69, 9.17) is 9.84 Å². The molecule has 3 heteroatoms. The minimum Gasteiger partial charge on any atom is -0.489 e. The van der Waals surface area contributed by atoms with E-state index in [9.17, 15) is 4.79 Å². The van der Waals surface area contributed by atoms with Crippen molar-refractivity contribution in [3.8, 4) is 5.75 Å². The Labute approximate surface area is 135 Å². The summed E-state index contributed by atoms with van der Waals surface area (Å²) in [5.41, 5.74) is 3.25. The highest BCUT2D eigenvalue weighted by Crippen LogP contribution is 2.26. The molecule has 3 rings (SSSR count). The van der Waals surface area contributed by atoms with Crippen LogP contribution in [0.5, 0.6) is 5.75 Å². The van der Waals surface area contributed by atoms with Gasteiger partial charge < -0.3 is 9.84 Å². The molecule has 0 heterocycles. The fourth-order valence-electron chi connectivity index (χ4n) is 2.50. The summed E-state index contributed by atoms with van der Waals surface area (Å²) in [6.45, 7) is 0.545. The molecule has 0 saturated carbocycles. The van der Waals surface area contributed by atoms with Crippen molar-refractivity contribution in [2.75, 3.05) is 0 Å². The van der Waals surface area contributed by atoms with Crippen LogP contribution in [0, 0.1) is 5.92 Å². The van der Waals surface area contributed by atoms with Gasteiger partial charge in [0.25, 0.3) is 0 Å². The molecule has 116 valence electrons. The number of carbonyl (C=O) groups is 1. The number of carboxylic acids is 1. The molecule has 23 heavy (non-hydrogen) atoms. The molecule has 0 saturated heterocycles. The van der Waals surface area contributed by atoms with Crippen LogP contribution >= 0.6 is 0 Å². The first kappa shape index (κ1) is 15.1. The Bertz CT molecular complexity index is 727. The predicted octanol–water partition coefficient (Wildman–Crippen LogP) is 4.31. The average Bonchev–Trinajstić information content (AvgIpc) is 2.61. The molecule has 0 aliphatic heterocycles. The van der Waals surface area contributed by atoms with Crippen LogP contribution in [0.4, 0.5) is 0 Å². The second-order valence-electron chi connectivity index (χ2n) is 5.50. The molecular weight excluding hydrogens is 288 g/mol. The fraction of sp³-hybridized carbons (Fsp3) is 0.150. The third-order valence-electron chi connectivity index (χ3n) is 3.85. The summed E-state index contributed by atoms with van der Waals surface area (Å²) < 4.78 is 5.77. The van der Waals surface area contributed by atoms with Gasteiger partial charge in [-0.1, -0.05) is 60.7 Å². The lowest BCUT2D eigenvalue weighted by Crippen LogP contribution is -2.11. The Morgan fingerprint density at radius 3 is 2.43 bits per heavy atom. The van der Waals surface area contributed by atoms with Crippen molar-refractivity contribution in [2.45, 2.75) is 13.0 Å². The second kappa shape index (κ2) is 6.97. The van der Waals surface area contributed by atoms with Gasteiger partial charge in [-0.2, -0.15) is 0 Å². The van der Waals surface area contributed by atoms with Gasteiger partial charge in [0.15, 0.2) is 0 Å².